The van der Waals surface area contributed by atoms with E-state index in [1.165, 1.54) is 36.4 Å². The van der Waals surface area contributed by atoms with Gasteiger partial charge in [-0.15, -0.1) is 0 Å². The number of fused-ring (bicyclic) bond motifs is 1. The molecule has 2 aliphatic rings. The van der Waals surface area contributed by atoms with Gasteiger partial charge < -0.3 is 4.57 Å². The molecule has 1 aliphatic heterocycles. The topological polar surface area (TPSA) is 70.6 Å². The van der Waals surface area contributed by atoms with Crippen LogP contribution in [0.1, 0.15) is 79.0 Å². The fraction of sp³-hybridized carbons (Fsp3) is 0.412. The van der Waals surface area contributed by atoms with Crippen LogP contribution in [0.4, 0.5) is 4.39 Å². The molecule has 0 spiro atoms. The molecule has 7 heteroatoms. The van der Waals surface area contributed by atoms with Crippen LogP contribution in [-0.4, -0.2) is 37.5 Å². The Morgan fingerprint density at radius 1 is 1.05 bits per heavy atom. The number of allylic oxidation sites excluding steroid dienone is 1. The second-order valence-corrected chi connectivity index (χ2v) is 11.8. The first-order chi connectivity index (χ1) is 20.0. The van der Waals surface area contributed by atoms with E-state index in [9.17, 15) is 4.39 Å². The van der Waals surface area contributed by atoms with Gasteiger partial charge in [0.1, 0.15) is 17.5 Å². The fourth-order valence-electron chi connectivity index (χ4n) is 6.08. The molecule has 2 aromatic heterocycles. The Balaban J connectivity index is 1.10. The molecule has 6 nitrogen and oxygen atoms in total. The van der Waals surface area contributed by atoms with Crippen molar-refractivity contribution in [2.24, 2.45) is 5.92 Å². The molecule has 41 heavy (non-hydrogen) atoms. The van der Waals surface area contributed by atoms with Crippen LogP contribution in [0, 0.1) is 23.1 Å². The van der Waals surface area contributed by atoms with Crippen molar-refractivity contribution in [1.29, 1.82) is 5.26 Å². The number of imidazole rings is 1. The summed E-state index contributed by atoms with van der Waals surface area (Å²) in [6.07, 6.45) is 9.00. The van der Waals surface area contributed by atoms with Gasteiger partial charge in [0.25, 0.3) is 0 Å². The van der Waals surface area contributed by atoms with Gasteiger partial charge in [-0.3, -0.25) is 4.90 Å². The van der Waals surface area contributed by atoms with Crippen molar-refractivity contribution in [2.75, 3.05) is 13.1 Å². The summed E-state index contributed by atoms with van der Waals surface area (Å²) in [5, 5.41) is 8.97. The van der Waals surface area contributed by atoms with Crippen LogP contribution in [0.25, 0.3) is 16.6 Å². The monoisotopic (exact) mass is 548 g/mol. The van der Waals surface area contributed by atoms with E-state index in [0.717, 1.165) is 73.4 Å². The molecule has 0 radical (unpaired) electrons. The number of aromatic nitrogens is 4. The van der Waals surface area contributed by atoms with Crippen LogP contribution < -0.4 is 0 Å². The van der Waals surface area contributed by atoms with Crippen molar-refractivity contribution in [3.05, 3.63) is 95.1 Å². The van der Waals surface area contributed by atoms with Crippen LogP contribution in [0.5, 0.6) is 0 Å². The molecule has 0 bridgehead atoms. The molecular formula is C34H37FN6. The summed E-state index contributed by atoms with van der Waals surface area (Å²) in [6.45, 7) is 10.1. The van der Waals surface area contributed by atoms with E-state index >= 15 is 0 Å². The normalized spacial score (nSPS) is 16.5. The Morgan fingerprint density at radius 2 is 1.88 bits per heavy atom. The first-order valence-corrected chi connectivity index (χ1v) is 14.8. The highest BCUT2D eigenvalue weighted by molar-refractivity contribution is 5.81. The zero-order valence-electron chi connectivity index (χ0n) is 23.8. The van der Waals surface area contributed by atoms with E-state index in [0.29, 0.717) is 29.9 Å². The van der Waals surface area contributed by atoms with Gasteiger partial charge in [0.2, 0.25) is 0 Å². The van der Waals surface area contributed by atoms with Crippen molar-refractivity contribution >= 4 is 16.6 Å². The number of halogens is 1. The quantitative estimate of drug-likeness (QED) is 0.229. The lowest BCUT2D eigenvalue weighted by atomic mass is 9.85. The maximum atomic E-state index is 14.3. The van der Waals surface area contributed by atoms with Crippen molar-refractivity contribution in [3.8, 4) is 6.07 Å². The number of aryl methyl sites for hydroxylation is 2. The number of nitriles is 1. The number of benzene rings is 2. The summed E-state index contributed by atoms with van der Waals surface area (Å²) in [7, 11) is 0. The molecule has 2 aromatic carbocycles. The molecule has 0 unspecified atom stereocenters. The van der Waals surface area contributed by atoms with Gasteiger partial charge in [0.15, 0.2) is 0 Å². The number of hydrogen-bond donors (Lipinski definition) is 0. The average Bonchev–Trinajstić information content (AvgIpc) is 3.30. The second-order valence-electron chi connectivity index (χ2n) is 11.8. The van der Waals surface area contributed by atoms with Gasteiger partial charge in [-0.2, -0.15) is 5.26 Å². The molecule has 1 saturated heterocycles. The van der Waals surface area contributed by atoms with Gasteiger partial charge in [-0.25, -0.2) is 19.3 Å². The predicted molar refractivity (Wildman–Crippen MR) is 160 cm³/mol. The molecule has 2 fully saturated rings. The Bertz CT molecular complexity index is 1600. The van der Waals surface area contributed by atoms with Crippen LogP contribution >= 0.6 is 0 Å². The third-order valence-corrected chi connectivity index (χ3v) is 8.87. The summed E-state index contributed by atoms with van der Waals surface area (Å²) >= 11 is 0. The summed E-state index contributed by atoms with van der Waals surface area (Å²) in [6, 6.07) is 15.1. The number of piperidine rings is 1. The zero-order valence-corrected chi connectivity index (χ0v) is 23.8. The van der Waals surface area contributed by atoms with Crippen molar-refractivity contribution in [1.82, 2.24) is 24.4 Å². The van der Waals surface area contributed by atoms with E-state index in [1.54, 1.807) is 12.1 Å². The highest BCUT2D eigenvalue weighted by Gasteiger charge is 2.26. The highest BCUT2D eigenvalue weighted by atomic mass is 19.1. The van der Waals surface area contributed by atoms with Gasteiger partial charge in [-0.1, -0.05) is 30.7 Å². The van der Waals surface area contributed by atoms with Crippen LogP contribution in [0.3, 0.4) is 0 Å². The van der Waals surface area contributed by atoms with Gasteiger partial charge >= 0.3 is 0 Å². The van der Waals surface area contributed by atoms with E-state index in [4.69, 9.17) is 15.2 Å². The van der Waals surface area contributed by atoms with Gasteiger partial charge in [-0.05, 0) is 106 Å². The molecule has 4 aromatic rings. The molecule has 0 amide bonds. The SMILES string of the molecule is C=C(C)c1ccc2nc(CN3CCC(c4nccc(CCc5ccc(C#N)cc5F)n4)CC3)n(CC3CCC3)c2c1. The van der Waals surface area contributed by atoms with E-state index in [-0.39, 0.29) is 5.82 Å². The van der Waals surface area contributed by atoms with Crippen molar-refractivity contribution in [3.63, 3.8) is 0 Å². The van der Waals surface area contributed by atoms with Crippen molar-refractivity contribution < 1.29 is 4.39 Å². The Labute approximate surface area is 241 Å². The third kappa shape index (κ3) is 6.08. The first-order valence-electron chi connectivity index (χ1n) is 14.8. The molecule has 6 rings (SSSR count). The van der Waals surface area contributed by atoms with E-state index in [2.05, 4.69) is 46.2 Å². The maximum absolute atomic E-state index is 14.3. The lowest BCUT2D eigenvalue weighted by Crippen LogP contribution is -2.34. The second kappa shape index (κ2) is 11.9. The molecule has 0 atom stereocenters. The van der Waals surface area contributed by atoms with Crippen molar-refractivity contribution in [2.45, 2.75) is 70.9 Å². The van der Waals surface area contributed by atoms with Crippen LogP contribution in [0.2, 0.25) is 0 Å². The van der Waals surface area contributed by atoms with E-state index < -0.39 is 0 Å². The summed E-state index contributed by atoms with van der Waals surface area (Å²) in [4.78, 5) is 17.1. The minimum atomic E-state index is -0.330. The third-order valence-electron chi connectivity index (χ3n) is 8.87. The minimum absolute atomic E-state index is 0.324. The van der Waals surface area contributed by atoms with Gasteiger partial charge in [0, 0.05) is 24.4 Å². The minimum Gasteiger partial charge on any atom is -0.327 e. The summed E-state index contributed by atoms with van der Waals surface area (Å²) < 4.78 is 16.8. The standard InChI is InChI=1S/C34H37FN6/c1-23(2)28-9-11-31-32(19-28)41(21-24-4-3-5-24)33(39-31)22-40-16-13-27(14-17-40)34-37-15-12-29(38-34)10-8-26-7-6-25(20-36)18-30(26)35/h6-7,9,11-12,15,18-19,24,27H,1,3-5,8,10,13-14,16-17,21-22H2,2H3. The molecule has 0 N–H and O–H groups in total. The average molecular weight is 549 g/mol. The molecular weight excluding hydrogens is 511 g/mol. The Hall–Kier alpha value is -3.89. The van der Waals surface area contributed by atoms with Crippen LogP contribution in [-0.2, 0) is 25.9 Å². The maximum Gasteiger partial charge on any atom is 0.131 e. The highest BCUT2D eigenvalue weighted by Crippen LogP contribution is 2.32. The number of rotatable bonds is 9. The smallest absolute Gasteiger partial charge is 0.131 e. The summed E-state index contributed by atoms with van der Waals surface area (Å²) in [5.74, 6) is 2.81. The fourth-order valence-corrected chi connectivity index (χ4v) is 6.08. The lowest BCUT2D eigenvalue weighted by Gasteiger charge is -2.32. The lowest BCUT2D eigenvalue weighted by molar-refractivity contribution is 0.192. The first kappa shape index (κ1) is 27.3. The summed E-state index contributed by atoms with van der Waals surface area (Å²) in [5.41, 5.74) is 6.45. The largest absolute Gasteiger partial charge is 0.327 e. The zero-order chi connectivity index (χ0) is 28.3. The predicted octanol–water partition coefficient (Wildman–Crippen LogP) is 6.84. The Morgan fingerprint density at radius 3 is 2.59 bits per heavy atom. The number of hydrogen-bond acceptors (Lipinski definition) is 5. The molecule has 210 valence electrons. The van der Waals surface area contributed by atoms with Crippen LogP contribution in [0.15, 0.2) is 55.2 Å². The van der Waals surface area contributed by atoms with E-state index in [1.807, 2.05) is 18.3 Å². The number of nitrogens with zero attached hydrogens (tertiary/aromatic N) is 6. The molecule has 3 heterocycles. The molecule has 1 saturated carbocycles. The van der Waals surface area contributed by atoms with Gasteiger partial charge in [0.05, 0.1) is 29.2 Å². The molecule has 1 aliphatic carbocycles. The Kier molecular flexibility index (Phi) is 7.93. The number of likely N-dealkylation sites (tertiary alicyclic amines) is 1.